The van der Waals surface area contributed by atoms with Crippen molar-refractivity contribution >= 4 is 28.3 Å². The molecule has 0 aliphatic carbocycles. The third-order valence-electron chi connectivity index (χ3n) is 2.22. The van der Waals surface area contributed by atoms with Gasteiger partial charge in [0.25, 0.3) is 0 Å². The molecule has 0 aliphatic rings. The lowest BCUT2D eigenvalue weighted by molar-refractivity contribution is 0.101. The van der Waals surface area contributed by atoms with Crippen LogP contribution in [0.2, 0.25) is 5.02 Å². The van der Waals surface area contributed by atoms with Crippen LogP contribution in [-0.4, -0.2) is 10.8 Å². The average molecular weight is 222 g/mol. The van der Waals surface area contributed by atoms with Gasteiger partial charge >= 0.3 is 0 Å². The lowest BCUT2D eigenvalue weighted by atomic mass is 10.1. The van der Waals surface area contributed by atoms with Gasteiger partial charge in [0.05, 0.1) is 11.1 Å². The number of aromatic nitrogens is 1. The van der Waals surface area contributed by atoms with Crippen molar-refractivity contribution < 1.29 is 4.79 Å². The van der Waals surface area contributed by atoms with Crippen molar-refractivity contribution in [3.63, 3.8) is 0 Å². The molecule has 1 aromatic heterocycles. The molecule has 2 aromatic rings. The summed E-state index contributed by atoms with van der Waals surface area (Å²) in [6.07, 6.45) is 1.42. The Morgan fingerprint density at radius 1 is 1.40 bits per heavy atom. The monoisotopic (exact) mass is 221 g/mol. The largest absolute Gasteiger partial charge is 0.360 e. The van der Waals surface area contributed by atoms with Gasteiger partial charge < -0.3 is 4.98 Å². The molecule has 0 unspecified atom stereocenters. The van der Waals surface area contributed by atoms with E-state index in [4.69, 9.17) is 11.6 Å². The standard InChI is InChI=1S/C11H8ClNO2/c1-6(14)9-5-13-10-4-7(12)2-3-8(10)11(9)15/h2-5H,1H3,(H,13,15). The molecule has 0 bridgehead atoms. The normalized spacial score (nSPS) is 10.5. The van der Waals surface area contributed by atoms with Gasteiger partial charge in [-0.25, -0.2) is 0 Å². The van der Waals surface area contributed by atoms with E-state index in [1.807, 2.05) is 0 Å². The number of carbonyl (C=O) groups excluding carboxylic acids is 1. The quantitative estimate of drug-likeness (QED) is 0.752. The Balaban J connectivity index is 2.86. The van der Waals surface area contributed by atoms with Crippen LogP contribution in [0.4, 0.5) is 0 Å². The van der Waals surface area contributed by atoms with Crippen molar-refractivity contribution in [2.24, 2.45) is 0 Å². The van der Waals surface area contributed by atoms with E-state index in [1.165, 1.54) is 13.1 Å². The van der Waals surface area contributed by atoms with Crippen molar-refractivity contribution in [1.29, 1.82) is 0 Å². The molecule has 4 heteroatoms. The summed E-state index contributed by atoms with van der Waals surface area (Å²) < 4.78 is 0. The first kappa shape index (κ1) is 9.93. The van der Waals surface area contributed by atoms with Gasteiger partial charge in [-0.15, -0.1) is 0 Å². The summed E-state index contributed by atoms with van der Waals surface area (Å²) in [7, 11) is 0. The van der Waals surface area contributed by atoms with E-state index >= 15 is 0 Å². The molecule has 0 amide bonds. The van der Waals surface area contributed by atoms with Gasteiger partial charge in [0, 0.05) is 16.6 Å². The minimum Gasteiger partial charge on any atom is -0.360 e. The van der Waals surface area contributed by atoms with Crippen molar-refractivity contribution in [1.82, 2.24) is 4.98 Å². The van der Waals surface area contributed by atoms with Crippen LogP contribution in [0.5, 0.6) is 0 Å². The number of halogens is 1. The Bertz CT molecular complexity index is 601. The molecular weight excluding hydrogens is 214 g/mol. The summed E-state index contributed by atoms with van der Waals surface area (Å²) in [6.45, 7) is 1.37. The van der Waals surface area contributed by atoms with Gasteiger partial charge in [-0.05, 0) is 25.1 Å². The van der Waals surface area contributed by atoms with Crippen LogP contribution < -0.4 is 5.43 Å². The Kier molecular flexibility index (Phi) is 2.32. The summed E-state index contributed by atoms with van der Waals surface area (Å²) in [4.78, 5) is 25.8. The number of carbonyl (C=O) groups is 1. The first-order valence-electron chi connectivity index (χ1n) is 4.41. The molecule has 76 valence electrons. The second-order valence-corrected chi connectivity index (χ2v) is 3.71. The number of pyridine rings is 1. The Morgan fingerprint density at radius 2 is 2.13 bits per heavy atom. The van der Waals surface area contributed by atoms with Crippen molar-refractivity contribution in [2.75, 3.05) is 0 Å². The highest BCUT2D eigenvalue weighted by atomic mass is 35.5. The minimum atomic E-state index is -0.257. The maximum absolute atomic E-state index is 11.8. The topological polar surface area (TPSA) is 49.9 Å². The summed E-state index contributed by atoms with van der Waals surface area (Å²) in [5, 5.41) is 1.03. The number of benzene rings is 1. The van der Waals surface area contributed by atoms with Gasteiger partial charge in [-0.3, -0.25) is 9.59 Å². The van der Waals surface area contributed by atoms with Gasteiger partial charge in [-0.2, -0.15) is 0 Å². The minimum absolute atomic E-state index is 0.171. The second kappa shape index (κ2) is 3.51. The van der Waals surface area contributed by atoms with Gasteiger partial charge in [-0.1, -0.05) is 11.6 Å². The number of H-pyrrole nitrogens is 1. The zero-order valence-electron chi connectivity index (χ0n) is 8.00. The first-order valence-corrected chi connectivity index (χ1v) is 4.79. The number of hydrogen-bond donors (Lipinski definition) is 1. The molecule has 1 heterocycles. The lowest BCUT2D eigenvalue weighted by Crippen LogP contribution is -2.13. The van der Waals surface area contributed by atoms with Crippen LogP contribution in [-0.2, 0) is 0 Å². The molecule has 15 heavy (non-hydrogen) atoms. The number of rotatable bonds is 1. The number of fused-ring (bicyclic) bond motifs is 1. The molecule has 0 saturated carbocycles. The molecule has 0 radical (unpaired) electrons. The third-order valence-corrected chi connectivity index (χ3v) is 2.46. The molecule has 0 spiro atoms. The predicted molar refractivity (Wildman–Crippen MR) is 59.6 cm³/mol. The van der Waals surface area contributed by atoms with Crippen LogP contribution in [0.3, 0.4) is 0 Å². The van der Waals surface area contributed by atoms with Crippen LogP contribution in [0.25, 0.3) is 10.9 Å². The Hall–Kier alpha value is -1.61. The highest BCUT2D eigenvalue weighted by Crippen LogP contribution is 2.15. The maximum atomic E-state index is 11.8. The summed E-state index contributed by atoms with van der Waals surface area (Å²) in [6, 6.07) is 4.90. The zero-order valence-corrected chi connectivity index (χ0v) is 8.76. The van der Waals surface area contributed by atoms with Crippen molar-refractivity contribution in [3.8, 4) is 0 Å². The van der Waals surface area contributed by atoms with E-state index in [2.05, 4.69) is 4.98 Å². The van der Waals surface area contributed by atoms with E-state index in [-0.39, 0.29) is 16.8 Å². The Labute approximate surface area is 90.7 Å². The molecular formula is C11H8ClNO2. The van der Waals surface area contributed by atoms with E-state index in [1.54, 1.807) is 18.2 Å². The number of aromatic amines is 1. The van der Waals surface area contributed by atoms with E-state index in [0.717, 1.165) is 0 Å². The maximum Gasteiger partial charge on any atom is 0.200 e. The molecule has 2 rings (SSSR count). The highest BCUT2D eigenvalue weighted by molar-refractivity contribution is 6.31. The molecule has 0 atom stereocenters. The van der Waals surface area contributed by atoms with Crippen molar-refractivity contribution in [3.05, 3.63) is 45.2 Å². The summed E-state index contributed by atoms with van der Waals surface area (Å²) in [5.74, 6) is -0.242. The lowest BCUT2D eigenvalue weighted by Gasteiger charge is -2.00. The van der Waals surface area contributed by atoms with Gasteiger partial charge in [0.1, 0.15) is 0 Å². The number of ketones is 1. The average Bonchev–Trinajstić information content (AvgIpc) is 2.17. The van der Waals surface area contributed by atoms with E-state index < -0.39 is 0 Å². The van der Waals surface area contributed by atoms with Crippen LogP contribution >= 0.6 is 11.6 Å². The Morgan fingerprint density at radius 3 is 2.80 bits per heavy atom. The molecule has 0 fully saturated rings. The van der Waals surface area contributed by atoms with Gasteiger partial charge in [0.2, 0.25) is 0 Å². The summed E-state index contributed by atoms with van der Waals surface area (Å²) in [5.41, 5.74) is 0.551. The number of Topliss-reactive ketones (excluding diaryl/α,β-unsaturated/α-hetero) is 1. The molecule has 0 saturated heterocycles. The number of hydrogen-bond acceptors (Lipinski definition) is 2. The fourth-order valence-electron chi connectivity index (χ4n) is 1.46. The van der Waals surface area contributed by atoms with Crippen LogP contribution in [0.1, 0.15) is 17.3 Å². The fraction of sp³-hybridized carbons (Fsp3) is 0.0909. The number of nitrogens with one attached hydrogen (secondary N) is 1. The van der Waals surface area contributed by atoms with Crippen molar-refractivity contribution in [2.45, 2.75) is 6.92 Å². The highest BCUT2D eigenvalue weighted by Gasteiger charge is 2.08. The zero-order chi connectivity index (χ0) is 11.0. The van der Waals surface area contributed by atoms with Crippen LogP contribution in [0, 0.1) is 0 Å². The second-order valence-electron chi connectivity index (χ2n) is 3.28. The van der Waals surface area contributed by atoms with Crippen LogP contribution in [0.15, 0.2) is 29.2 Å². The molecule has 1 aromatic carbocycles. The smallest absolute Gasteiger partial charge is 0.200 e. The molecule has 0 aliphatic heterocycles. The third kappa shape index (κ3) is 1.66. The molecule has 3 nitrogen and oxygen atoms in total. The fourth-order valence-corrected chi connectivity index (χ4v) is 1.63. The summed E-state index contributed by atoms with van der Waals surface area (Å²) >= 11 is 5.78. The first-order chi connectivity index (χ1) is 7.09. The van der Waals surface area contributed by atoms with E-state index in [9.17, 15) is 9.59 Å². The predicted octanol–water partition coefficient (Wildman–Crippen LogP) is 2.38. The molecule has 1 N–H and O–H groups in total. The van der Waals surface area contributed by atoms with Gasteiger partial charge in [0.15, 0.2) is 11.2 Å². The van der Waals surface area contributed by atoms with E-state index in [0.29, 0.717) is 15.9 Å². The SMILES string of the molecule is CC(=O)c1c[nH]c2cc(Cl)ccc2c1=O.